The quantitative estimate of drug-likeness (QED) is 0.900. The van der Waals surface area contributed by atoms with E-state index in [2.05, 4.69) is 23.9 Å². The minimum absolute atomic E-state index is 0. The second kappa shape index (κ2) is 4.92. The van der Waals surface area contributed by atoms with E-state index in [0.717, 1.165) is 22.1 Å². The predicted octanol–water partition coefficient (Wildman–Crippen LogP) is 1.87. The number of nitrogens with two attached hydrogens (primary N) is 1. The van der Waals surface area contributed by atoms with Gasteiger partial charge in [0.05, 0.1) is 11.9 Å². The van der Waals surface area contributed by atoms with E-state index in [4.69, 9.17) is 5.73 Å². The first-order chi connectivity index (χ1) is 6.69. The second-order valence-corrected chi connectivity index (χ2v) is 4.80. The Morgan fingerprint density at radius 1 is 1.53 bits per heavy atom. The summed E-state index contributed by atoms with van der Waals surface area (Å²) >= 11 is 1.65. The lowest BCUT2D eigenvalue weighted by Crippen LogP contribution is -1.96. The van der Waals surface area contributed by atoms with Crippen molar-refractivity contribution in [2.24, 2.45) is 11.7 Å². The summed E-state index contributed by atoms with van der Waals surface area (Å²) in [5, 5.41) is 5.58. The van der Waals surface area contributed by atoms with E-state index < -0.39 is 0 Å². The molecule has 0 amide bonds. The fourth-order valence-corrected chi connectivity index (χ4v) is 2.42. The van der Waals surface area contributed by atoms with Gasteiger partial charge in [0.1, 0.15) is 5.01 Å². The molecule has 4 nitrogen and oxygen atoms in total. The van der Waals surface area contributed by atoms with Gasteiger partial charge in [0.25, 0.3) is 0 Å². The highest BCUT2D eigenvalue weighted by Gasteiger charge is 2.08. The molecule has 0 aromatic carbocycles. The number of imidazole rings is 1. The highest BCUT2D eigenvalue weighted by atomic mass is 35.5. The normalized spacial score (nSPS) is 10.9. The molecule has 0 atom stereocenters. The molecule has 0 aliphatic carbocycles. The van der Waals surface area contributed by atoms with Gasteiger partial charge in [-0.2, -0.15) is 5.10 Å². The van der Waals surface area contributed by atoms with Gasteiger partial charge >= 0.3 is 0 Å². The Morgan fingerprint density at radius 2 is 2.27 bits per heavy atom. The zero-order chi connectivity index (χ0) is 10.1. The molecule has 0 saturated carbocycles. The third-order valence-electron chi connectivity index (χ3n) is 1.93. The van der Waals surface area contributed by atoms with Crippen molar-refractivity contribution in [1.82, 2.24) is 14.6 Å². The topological polar surface area (TPSA) is 56.2 Å². The number of rotatable bonds is 3. The van der Waals surface area contributed by atoms with Crippen molar-refractivity contribution in [3.63, 3.8) is 0 Å². The summed E-state index contributed by atoms with van der Waals surface area (Å²) in [4.78, 5) is 5.30. The van der Waals surface area contributed by atoms with E-state index in [-0.39, 0.29) is 12.4 Å². The molecule has 0 fully saturated rings. The van der Waals surface area contributed by atoms with Gasteiger partial charge in [-0.05, 0) is 5.92 Å². The second-order valence-electron chi connectivity index (χ2n) is 3.76. The molecule has 2 heterocycles. The van der Waals surface area contributed by atoms with Crippen molar-refractivity contribution < 1.29 is 0 Å². The predicted molar refractivity (Wildman–Crippen MR) is 64.5 cm³/mol. The molecule has 2 aromatic heterocycles. The largest absolute Gasteiger partial charge is 0.325 e. The zero-order valence-electron chi connectivity index (χ0n) is 8.80. The smallest absolute Gasteiger partial charge is 0.212 e. The van der Waals surface area contributed by atoms with E-state index >= 15 is 0 Å². The van der Waals surface area contributed by atoms with E-state index in [1.165, 1.54) is 0 Å². The van der Waals surface area contributed by atoms with Crippen LogP contribution in [0.15, 0.2) is 6.20 Å². The van der Waals surface area contributed by atoms with Crippen LogP contribution >= 0.6 is 23.7 Å². The lowest BCUT2D eigenvalue weighted by Gasteiger charge is -1.97. The van der Waals surface area contributed by atoms with Crippen LogP contribution in [-0.4, -0.2) is 14.6 Å². The highest BCUT2D eigenvalue weighted by molar-refractivity contribution is 7.16. The van der Waals surface area contributed by atoms with Crippen LogP contribution in [0.4, 0.5) is 0 Å². The van der Waals surface area contributed by atoms with Crippen molar-refractivity contribution in [2.45, 2.75) is 26.8 Å². The van der Waals surface area contributed by atoms with Crippen molar-refractivity contribution in [3.05, 3.63) is 16.9 Å². The number of halogens is 1. The third-order valence-corrected chi connectivity index (χ3v) is 2.87. The summed E-state index contributed by atoms with van der Waals surface area (Å²) in [6.07, 6.45) is 2.92. The molecule has 0 bridgehead atoms. The first-order valence-corrected chi connectivity index (χ1v) is 5.54. The van der Waals surface area contributed by atoms with Crippen LogP contribution in [0.5, 0.6) is 0 Å². The summed E-state index contributed by atoms with van der Waals surface area (Å²) < 4.78 is 1.82. The van der Waals surface area contributed by atoms with Gasteiger partial charge in [-0.25, -0.2) is 9.50 Å². The van der Waals surface area contributed by atoms with Crippen molar-refractivity contribution in [3.8, 4) is 0 Å². The van der Waals surface area contributed by atoms with Crippen molar-refractivity contribution in [2.75, 3.05) is 0 Å². The molecule has 15 heavy (non-hydrogen) atoms. The van der Waals surface area contributed by atoms with Gasteiger partial charge in [0.2, 0.25) is 4.96 Å². The first kappa shape index (κ1) is 12.4. The van der Waals surface area contributed by atoms with Crippen LogP contribution < -0.4 is 5.73 Å². The molecule has 0 saturated heterocycles. The Kier molecular flexibility index (Phi) is 4.07. The van der Waals surface area contributed by atoms with Gasteiger partial charge < -0.3 is 5.73 Å². The maximum absolute atomic E-state index is 5.49. The molecule has 0 aliphatic rings. The Bertz CT molecular complexity index is 403. The van der Waals surface area contributed by atoms with E-state index in [0.29, 0.717) is 12.5 Å². The first-order valence-electron chi connectivity index (χ1n) is 4.73. The average molecular weight is 247 g/mol. The van der Waals surface area contributed by atoms with E-state index in [1.807, 2.05) is 10.7 Å². The number of hydrogen-bond acceptors (Lipinski definition) is 4. The zero-order valence-corrected chi connectivity index (χ0v) is 10.4. The van der Waals surface area contributed by atoms with Crippen molar-refractivity contribution >= 4 is 28.7 Å². The molecule has 2 aromatic rings. The molecule has 84 valence electrons. The number of hydrogen-bond donors (Lipinski definition) is 1. The van der Waals surface area contributed by atoms with Gasteiger partial charge in [-0.3, -0.25) is 0 Å². The van der Waals surface area contributed by atoms with Crippen molar-refractivity contribution in [1.29, 1.82) is 0 Å². The fourth-order valence-electron chi connectivity index (χ4n) is 1.32. The molecule has 2 rings (SSSR count). The molecule has 0 aliphatic heterocycles. The summed E-state index contributed by atoms with van der Waals surface area (Å²) in [7, 11) is 0. The molecule has 6 heteroatoms. The van der Waals surface area contributed by atoms with Gasteiger partial charge in [0.15, 0.2) is 0 Å². The average Bonchev–Trinajstić information content (AvgIpc) is 2.59. The Labute approximate surface area is 98.9 Å². The minimum atomic E-state index is 0. The highest BCUT2D eigenvalue weighted by Crippen LogP contribution is 2.17. The minimum Gasteiger partial charge on any atom is -0.325 e. The van der Waals surface area contributed by atoms with Crippen LogP contribution in [0.3, 0.4) is 0 Å². The monoisotopic (exact) mass is 246 g/mol. The molecular formula is C9H15ClN4S. The van der Waals surface area contributed by atoms with Gasteiger partial charge in [0, 0.05) is 13.0 Å². The maximum atomic E-state index is 5.49. The van der Waals surface area contributed by atoms with E-state index in [9.17, 15) is 0 Å². The molecular weight excluding hydrogens is 232 g/mol. The summed E-state index contributed by atoms with van der Waals surface area (Å²) in [5.41, 5.74) is 6.40. The number of nitrogens with zero attached hydrogens (tertiary/aromatic N) is 3. The van der Waals surface area contributed by atoms with Crippen LogP contribution in [0.2, 0.25) is 0 Å². The molecule has 0 unspecified atom stereocenters. The molecule has 0 radical (unpaired) electrons. The van der Waals surface area contributed by atoms with Crippen LogP contribution in [-0.2, 0) is 13.0 Å². The third kappa shape index (κ3) is 2.68. The SMILES string of the molecule is CC(C)Cc1nn2cc(CN)nc2s1.Cl. The lowest BCUT2D eigenvalue weighted by molar-refractivity contribution is 0.636. The van der Waals surface area contributed by atoms with Gasteiger partial charge in [-0.15, -0.1) is 12.4 Å². The maximum Gasteiger partial charge on any atom is 0.212 e. The van der Waals surface area contributed by atoms with Crippen LogP contribution in [0.25, 0.3) is 4.96 Å². The number of aromatic nitrogens is 3. The molecule has 2 N–H and O–H groups in total. The lowest BCUT2D eigenvalue weighted by atomic mass is 10.1. The summed E-state index contributed by atoms with van der Waals surface area (Å²) in [6, 6.07) is 0. The van der Waals surface area contributed by atoms with Crippen LogP contribution in [0.1, 0.15) is 24.5 Å². The summed E-state index contributed by atoms with van der Waals surface area (Å²) in [5.74, 6) is 0.639. The summed E-state index contributed by atoms with van der Waals surface area (Å²) in [6.45, 7) is 4.86. The molecule has 0 spiro atoms. The number of fused-ring (bicyclic) bond motifs is 1. The Balaban J connectivity index is 0.00000112. The van der Waals surface area contributed by atoms with Crippen LogP contribution in [0, 0.1) is 5.92 Å². The Morgan fingerprint density at radius 3 is 2.80 bits per heavy atom. The fraction of sp³-hybridized carbons (Fsp3) is 0.556. The standard InChI is InChI=1S/C9H14N4S.ClH/c1-6(2)3-8-12-13-5-7(4-10)11-9(13)14-8;/h5-6H,3-4,10H2,1-2H3;1H. The van der Waals surface area contributed by atoms with Gasteiger partial charge in [-0.1, -0.05) is 25.2 Å². The Hall–Kier alpha value is -0.650. The van der Waals surface area contributed by atoms with E-state index in [1.54, 1.807) is 11.3 Å².